The van der Waals surface area contributed by atoms with E-state index in [1.165, 1.54) is 32.1 Å². The van der Waals surface area contributed by atoms with Crippen molar-refractivity contribution in [2.45, 2.75) is 52.0 Å². The summed E-state index contributed by atoms with van der Waals surface area (Å²) in [4.78, 5) is 12.1. The maximum atomic E-state index is 12.1. The van der Waals surface area contributed by atoms with Crippen LogP contribution in [-0.4, -0.2) is 4.57 Å². The highest BCUT2D eigenvalue weighted by Gasteiger charge is 2.17. The highest BCUT2D eigenvalue weighted by Crippen LogP contribution is 2.27. The van der Waals surface area contributed by atoms with E-state index in [2.05, 4.69) is 6.07 Å². The summed E-state index contributed by atoms with van der Waals surface area (Å²) in [6.45, 7) is 3.94. The Morgan fingerprint density at radius 1 is 1.13 bits per heavy atom. The molecule has 0 bridgehead atoms. The first-order valence-corrected chi connectivity index (χ1v) is 5.89. The third kappa shape index (κ3) is 1.99. The first kappa shape index (κ1) is 10.5. The number of hydrogen-bond acceptors (Lipinski definition) is 1. The molecule has 0 aliphatic heterocycles. The van der Waals surface area contributed by atoms with Crippen molar-refractivity contribution in [2.24, 2.45) is 0 Å². The Kier molecular flexibility index (Phi) is 2.94. The largest absolute Gasteiger partial charge is 0.310 e. The molecule has 1 aliphatic rings. The predicted octanol–water partition coefficient (Wildman–Crippen LogP) is 2.97. The minimum atomic E-state index is 0.210. The molecule has 0 atom stereocenters. The smallest absolute Gasteiger partial charge is 0.253 e. The molecule has 2 rings (SSSR count). The van der Waals surface area contributed by atoms with Crippen LogP contribution in [0.1, 0.15) is 49.4 Å². The molecule has 1 aromatic rings. The van der Waals surface area contributed by atoms with Gasteiger partial charge in [-0.3, -0.25) is 4.79 Å². The zero-order valence-corrected chi connectivity index (χ0v) is 9.62. The third-order valence-corrected chi connectivity index (χ3v) is 3.45. The van der Waals surface area contributed by atoms with Crippen LogP contribution in [0, 0.1) is 13.8 Å². The summed E-state index contributed by atoms with van der Waals surface area (Å²) < 4.78 is 2.01. The Morgan fingerprint density at radius 2 is 1.80 bits per heavy atom. The molecule has 1 fully saturated rings. The first-order chi connectivity index (χ1) is 7.20. The van der Waals surface area contributed by atoms with E-state index in [0.717, 1.165) is 11.3 Å². The summed E-state index contributed by atoms with van der Waals surface area (Å²) in [6.07, 6.45) is 6.21. The van der Waals surface area contributed by atoms with E-state index < -0.39 is 0 Å². The normalized spacial score (nSPS) is 18.0. The van der Waals surface area contributed by atoms with Crippen LogP contribution in [-0.2, 0) is 0 Å². The monoisotopic (exact) mass is 205 g/mol. The lowest BCUT2D eigenvalue weighted by atomic mass is 9.95. The molecule has 1 heterocycles. The van der Waals surface area contributed by atoms with Gasteiger partial charge in [-0.2, -0.15) is 0 Å². The van der Waals surface area contributed by atoms with Gasteiger partial charge in [-0.05, 0) is 32.8 Å². The van der Waals surface area contributed by atoms with Crippen LogP contribution in [0.15, 0.2) is 16.9 Å². The predicted molar refractivity (Wildman–Crippen MR) is 62.3 cm³/mol. The second-order valence-corrected chi connectivity index (χ2v) is 4.62. The fraction of sp³-hybridized carbons (Fsp3) is 0.615. The SMILES string of the molecule is Cc1ccc(C)n(C2CCCCC2)c1=O. The van der Waals surface area contributed by atoms with E-state index in [1.807, 2.05) is 24.5 Å². The number of hydrogen-bond donors (Lipinski definition) is 0. The Hall–Kier alpha value is -1.05. The van der Waals surface area contributed by atoms with Crippen molar-refractivity contribution in [3.63, 3.8) is 0 Å². The van der Waals surface area contributed by atoms with E-state index in [0.29, 0.717) is 6.04 Å². The van der Waals surface area contributed by atoms with Crippen molar-refractivity contribution in [3.8, 4) is 0 Å². The summed E-state index contributed by atoms with van der Waals surface area (Å²) in [6, 6.07) is 4.44. The zero-order valence-electron chi connectivity index (χ0n) is 9.62. The lowest BCUT2D eigenvalue weighted by Crippen LogP contribution is -2.29. The molecule has 0 unspecified atom stereocenters. The molecule has 0 saturated heterocycles. The fourth-order valence-corrected chi connectivity index (χ4v) is 2.54. The van der Waals surface area contributed by atoms with Crippen LogP contribution < -0.4 is 5.56 Å². The Labute approximate surface area is 90.9 Å². The van der Waals surface area contributed by atoms with Gasteiger partial charge in [-0.25, -0.2) is 0 Å². The van der Waals surface area contributed by atoms with Gasteiger partial charge in [0.1, 0.15) is 0 Å². The molecule has 0 amide bonds. The molecule has 2 nitrogen and oxygen atoms in total. The molecular weight excluding hydrogens is 186 g/mol. The van der Waals surface area contributed by atoms with Crippen molar-refractivity contribution in [3.05, 3.63) is 33.7 Å². The quantitative estimate of drug-likeness (QED) is 0.691. The van der Waals surface area contributed by atoms with E-state index in [9.17, 15) is 4.79 Å². The molecule has 0 radical (unpaired) electrons. The summed E-state index contributed by atoms with van der Waals surface area (Å²) in [5.41, 5.74) is 2.19. The van der Waals surface area contributed by atoms with Gasteiger partial charge in [0.05, 0.1) is 0 Å². The molecule has 2 heteroatoms. The van der Waals surface area contributed by atoms with Gasteiger partial charge >= 0.3 is 0 Å². The van der Waals surface area contributed by atoms with Crippen LogP contribution in [0.2, 0.25) is 0 Å². The highest BCUT2D eigenvalue weighted by molar-refractivity contribution is 5.14. The minimum absolute atomic E-state index is 0.210. The summed E-state index contributed by atoms with van der Waals surface area (Å²) in [5, 5.41) is 0. The van der Waals surface area contributed by atoms with Crippen molar-refractivity contribution < 1.29 is 0 Å². The summed E-state index contributed by atoms with van der Waals surface area (Å²) >= 11 is 0. The van der Waals surface area contributed by atoms with Gasteiger partial charge in [0, 0.05) is 17.3 Å². The highest BCUT2D eigenvalue weighted by atomic mass is 16.1. The van der Waals surface area contributed by atoms with Gasteiger partial charge in [0.25, 0.3) is 5.56 Å². The second-order valence-electron chi connectivity index (χ2n) is 4.62. The standard InChI is InChI=1S/C13H19NO/c1-10-8-9-11(2)14(13(10)15)12-6-4-3-5-7-12/h8-9,12H,3-7H2,1-2H3. The number of aryl methyl sites for hydroxylation is 2. The number of pyridine rings is 1. The zero-order chi connectivity index (χ0) is 10.8. The molecule has 82 valence electrons. The maximum absolute atomic E-state index is 12.1. The average molecular weight is 205 g/mol. The molecule has 0 spiro atoms. The van der Waals surface area contributed by atoms with Gasteiger partial charge in [-0.15, -0.1) is 0 Å². The van der Waals surface area contributed by atoms with Crippen molar-refractivity contribution in [1.29, 1.82) is 0 Å². The molecule has 1 aliphatic carbocycles. The van der Waals surface area contributed by atoms with Gasteiger partial charge in [-0.1, -0.05) is 25.3 Å². The van der Waals surface area contributed by atoms with E-state index >= 15 is 0 Å². The van der Waals surface area contributed by atoms with E-state index in [4.69, 9.17) is 0 Å². The van der Waals surface area contributed by atoms with Crippen LogP contribution in [0.25, 0.3) is 0 Å². The van der Waals surface area contributed by atoms with Crippen molar-refractivity contribution >= 4 is 0 Å². The van der Waals surface area contributed by atoms with Gasteiger partial charge in [0.2, 0.25) is 0 Å². The molecular formula is C13H19NO. The fourth-order valence-electron chi connectivity index (χ4n) is 2.54. The lowest BCUT2D eigenvalue weighted by Gasteiger charge is -2.26. The first-order valence-electron chi connectivity index (χ1n) is 5.89. The van der Waals surface area contributed by atoms with Crippen molar-refractivity contribution in [2.75, 3.05) is 0 Å². The third-order valence-electron chi connectivity index (χ3n) is 3.45. The Bertz CT molecular complexity index is 399. The van der Waals surface area contributed by atoms with Crippen LogP contribution in [0.5, 0.6) is 0 Å². The summed E-state index contributed by atoms with van der Waals surface area (Å²) in [5.74, 6) is 0. The van der Waals surface area contributed by atoms with E-state index in [1.54, 1.807) is 0 Å². The van der Waals surface area contributed by atoms with Crippen LogP contribution in [0.4, 0.5) is 0 Å². The number of nitrogens with zero attached hydrogens (tertiary/aromatic N) is 1. The lowest BCUT2D eigenvalue weighted by molar-refractivity contribution is 0.341. The van der Waals surface area contributed by atoms with Gasteiger partial charge in [0.15, 0.2) is 0 Å². The number of aromatic nitrogens is 1. The number of rotatable bonds is 1. The average Bonchev–Trinajstić information content (AvgIpc) is 2.26. The van der Waals surface area contributed by atoms with Gasteiger partial charge < -0.3 is 4.57 Å². The maximum Gasteiger partial charge on any atom is 0.253 e. The molecule has 1 aromatic heterocycles. The van der Waals surface area contributed by atoms with Crippen LogP contribution in [0.3, 0.4) is 0 Å². The van der Waals surface area contributed by atoms with Crippen molar-refractivity contribution in [1.82, 2.24) is 4.57 Å². The Morgan fingerprint density at radius 3 is 2.47 bits per heavy atom. The van der Waals surface area contributed by atoms with E-state index in [-0.39, 0.29) is 5.56 Å². The Balaban J connectivity index is 2.41. The molecule has 0 aromatic carbocycles. The summed E-state index contributed by atoms with van der Waals surface area (Å²) in [7, 11) is 0. The molecule has 15 heavy (non-hydrogen) atoms. The molecule has 1 saturated carbocycles. The topological polar surface area (TPSA) is 22.0 Å². The minimum Gasteiger partial charge on any atom is -0.310 e. The molecule has 0 N–H and O–H groups in total. The van der Waals surface area contributed by atoms with Crippen LogP contribution >= 0.6 is 0 Å². The second kappa shape index (κ2) is 4.21.